The van der Waals surface area contributed by atoms with Crippen molar-refractivity contribution in [3.63, 3.8) is 0 Å². The third-order valence-corrected chi connectivity index (χ3v) is 8.03. The van der Waals surface area contributed by atoms with Crippen LogP contribution < -0.4 is 5.32 Å². The van der Waals surface area contributed by atoms with E-state index in [0.29, 0.717) is 11.8 Å². The third kappa shape index (κ3) is 3.01. The molecular formula is C24H30N2O3. The highest BCUT2D eigenvalue weighted by molar-refractivity contribution is 6.06. The van der Waals surface area contributed by atoms with Crippen molar-refractivity contribution >= 4 is 23.4 Å². The monoisotopic (exact) mass is 394 g/mol. The van der Waals surface area contributed by atoms with Crippen molar-refractivity contribution in [3.8, 4) is 0 Å². The molecule has 1 aromatic rings. The summed E-state index contributed by atoms with van der Waals surface area (Å²) in [6.45, 7) is 4.05. The Morgan fingerprint density at radius 1 is 0.931 bits per heavy atom. The van der Waals surface area contributed by atoms with E-state index in [2.05, 4.69) is 11.4 Å². The molecule has 1 heterocycles. The molecule has 3 amide bonds. The second-order valence-electron chi connectivity index (χ2n) is 9.74. The lowest BCUT2D eigenvalue weighted by Gasteiger charge is -2.33. The average molecular weight is 395 g/mol. The van der Waals surface area contributed by atoms with Gasteiger partial charge in [-0.1, -0.05) is 17.7 Å². The maximum atomic E-state index is 13.0. The Kier molecular flexibility index (Phi) is 4.52. The molecule has 1 aromatic carbocycles. The lowest BCUT2D eigenvalue weighted by Crippen LogP contribution is -2.44. The Bertz CT molecular complexity index is 843. The van der Waals surface area contributed by atoms with Gasteiger partial charge in [0, 0.05) is 17.6 Å². The number of carbonyl (C=O) groups excluding carboxylic acids is 3. The maximum Gasteiger partial charge on any atom is 0.233 e. The van der Waals surface area contributed by atoms with Gasteiger partial charge in [0.2, 0.25) is 17.7 Å². The molecule has 4 aliphatic rings. The van der Waals surface area contributed by atoms with Crippen LogP contribution in [0.25, 0.3) is 0 Å². The summed E-state index contributed by atoms with van der Waals surface area (Å²) in [5, 5.41) is 3.07. The van der Waals surface area contributed by atoms with Gasteiger partial charge in [-0.05, 0) is 82.3 Å². The zero-order valence-corrected chi connectivity index (χ0v) is 17.3. The number of carbonyl (C=O) groups is 3. The second kappa shape index (κ2) is 6.96. The molecule has 4 atom stereocenters. The number of imide groups is 1. The molecule has 5 rings (SSSR count). The Labute approximate surface area is 172 Å². The highest BCUT2D eigenvalue weighted by Crippen LogP contribution is 2.56. The quantitative estimate of drug-likeness (QED) is 0.793. The minimum atomic E-state index is -0.0459. The van der Waals surface area contributed by atoms with Crippen LogP contribution in [0.15, 0.2) is 18.2 Å². The number of amides is 3. The predicted octanol–water partition coefficient (Wildman–Crippen LogP) is 3.83. The molecule has 5 heteroatoms. The zero-order valence-electron chi connectivity index (χ0n) is 17.3. The van der Waals surface area contributed by atoms with Gasteiger partial charge >= 0.3 is 0 Å². The topological polar surface area (TPSA) is 66.5 Å². The molecule has 1 aliphatic heterocycles. The number of nitrogens with one attached hydrogen (secondary N) is 1. The summed E-state index contributed by atoms with van der Waals surface area (Å²) < 4.78 is 0. The van der Waals surface area contributed by atoms with E-state index < -0.39 is 0 Å². The Morgan fingerprint density at radius 2 is 1.55 bits per heavy atom. The van der Waals surface area contributed by atoms with Crippen LogP contribution in [-0.2, 0) is 14.4 Å². The van der Waals surface area contributed by atoms with Gasteiger partial charge in [0.1, 0.15) is 0 Å². The molecule has 3 aliphatic carbocycles. The van der Waals surface area contributed by atoms with Crippen LogP contribution in [0.1, 0.15) is 56.1 Å². The number of anilines is 1. The normalized spacial score (nSPS) is 35.9. The first-order valence-corrected chi connectivity index (χ1v) is 11.2. The number of rotatable bonds is 3. The van der Waals surface area contributed by atoms with Crippen LogP contribution in [0.4, 0.5) is 5.69 Å². The number of likely N-dealkylation sites (tertiary alicyclic amines) is 1. The highest BCUT2D eigenvalue weighted by Gasteiger charge is 2.61. The second-order valence-corrected chi connectivity index (χ2v) is 9.74. The van der Waals surface area contributed by atoms with Crippen LogP contribution in [0.5, 0.6) is 0 Å². The summed E-state index contributed by atoms with van der Waals surface area (Å²) in [5.41, 5.74) is 3.12. The molecule has 3 saturated carbocycles. The van der Waals surface area contributed by atoms with Crippen LogP contribution >= 0.6 is 0 Å². The molecule has 0 radical (unpaired) electrons. The molecule has 154 valence electrons. The van der Waals surface area contributed by atoms with Crippen molar-refractivity contribution in [2.75, 3.05) is 5.32 Å². The molecule has 1 N–H and O–H groups in total. The van der Waals surface area contributed by atoms with Crippen molar-refractivity contribution < 1.29 is 14.4 Å². The largest absolute Gasteiger partial charge is 0.326 e. The number of aryl methyl sites for hydroxylation is 2. The van der Waals surface area contributed by atoms with Gasteiger partial charge in [-0.15, -0.1) is 0 Å². The minimum Gasteiger partial charge on any atom is -0.326 e. The summed E-state index contributed by atoms with van der Waals surface area (Å²) in [6, 6.07) is 6.03. The van der Waals surface area contributed by atoms with Gasteiger partial charge in [-0.2, -0.15) is 0 Å². The standard InChI is InChI=1S/C24H30N2O3/c1-13-3-10-19(14(2)11-13)25-22(27)15-6-8-18(9-7-15)26-23(28)20-16-4-5-17(12-16)21(20)24(26)29/h3,10-11,15-18,20-21H,4-9,12H2,1-2H3,(H,25,27)/t15?,16-,17-,18?,20-,21+/m1/s1. The molecule has 1 saturated heterocycles. The van der Waals surface area contributed by atoms with Gasteiger partial charge in [-0.25, -0.2) is 0 Å². The van der Waals surface area contributed by atoms with E-state index in [1.165, 1.54) is 5.56 Å². The smallest absolute Gasteiger partial charge is 0.233 e. The van der Waals surface area contributed by atoms with Crippen molar-refractivity contribution in [1.29, 1.82) is 0 Å². The summed E-state index contributed by atoms with van der Waals surface area (Å²) in [4.78, 5) is 40.4. The lowest BCUT2D eigenvalue weighted by molar-refractivity contribution is -0.144. The molecule has 0 unspecified atom stereocenters. The van der Waals surface area contributed by atoms with Crippen molar-refractivity contribution in [2.45, 2.75) is 64.8 Å². The fourth-order valence-corrected chi connectivity index (χ4v) is 6.58. The predicted molar refractivity (Wildman–Crippen MR) is 110 cm³/mol. The first-order chi connectivity index (χ1) is 13.9. The summed E-state index contributed by atoms with van der Waals surface area (Å²) in [6.07, 6.45) is 6.27. The van der Waals surface area contributed by atoms with E-state index in [1.54, 1.807) is 4.90 Å². The number of hydrogen-bond donors (Lipinski definition) is 1. The van der Waals surface area contributed by atoms with Crippen LogP contribution in [0, 0.1) is 43.4 Å². The van der Waals surface area contributed by atoms with Crippen LogP contribution in [-0.4, -0.2) is 28.7 Å². The van der Waals surface area contributed by atoms with Crippen molar-refractivity contribution in [3.05, 3.63) is 29.3 Å². The van der Waals surface area contributed by atoms with Gasteiger partial charge in [0.25, 0.3) is 0 Å². The summed E-state index contributed by atoms with van der Waals surface area (Å²) >= 11 is 0. The Balaban J connectivity index is 1.21. The third-order valence-electron chi connectivity index (χ3n) is 8.03. The molecule has 0 spiro atoms. The van der Waals surface area contributed by atoms with Crippen LogP contribution in [0.3, 0.4) is 0 Å². The van der Waals surface area contributed by atoms with E-state index >= 15 is 0 Å². The van der Waals surface area contributed by atoms with E-state index in [9.17, 15) is 14.4 Å². The lowest BCUT2D eigenvalue weighted by atomic mass is 9.81. The van der Waals surface area contributed by atoms with Gasteiger partial charge in [-0.3, -0.25) is 19.3 Å². The highest BCUT2D eigenvalue weighted by atomic mass is 16.2. The van der Waals surface area contributed by atoms with Crippen molar-refractivity contribution in [2.24, 2.45) is 29.6 Å². The number of nitrogens with zero attached hydrogens (tertiary/aromatic N) is 1. The fraction of sp³-hybridized carbons (Fsp3) is 0.625. The molecule has 5 nitrogen and oxygen atoms in total. The average Bonchev–Trinajstić information content (AvgIpc) is 3.38. The minimum absolute atomic E-state index is 0.00911. The van der Waals surface area contributed by atoms with Gasteiger partial charge < -0.3 is 5.32 Å². The SMILES string of the molecule is Cc1ccc(NC(=O)C2CCC(N3C(=O)[C@@H]4[C@@H]5CC[C@H](C5)[C@@H]4C3=O)CC2)c(C)c1. The van der Waals surface area contributed by atoms with E-state index in [4.69, 9.17) is 0 Å². The molecular weight excluding hydrogens is 364 g/mol. The Hall–Kier alpha value is -2.17. The summed E-state index contributed by atoms with van der Waals surface area (Å²) in [5.74, 6) is 1.00. The summed E-state index contributed by atoms with van der Waals surface area (Å²) in [7, 11) is 0. The van der Waals surface area contributed by atoms with Gasteiger partial charge in [0.05, 0.1) is 11.8 Å². The first kappa shape index (κ1) is 18.8. The zero-order chi connectivity index (χ0) is 20.3. The first-order valence-electron chi connectivity index (χ1n) is 11.2. The van der Waals surface area contributed by atoms with E-state index in [-0.39, 0.29) is 41.5 Å². The molecule has 4 fully saturated rings. The molecule has 29 heavy (non-hydrogen) atoms. The van der Waals surface area contributed by atoms with E-state index in [0.717, 1.165) is 56.2 Å². The number of benzene rings is 1. The number of fused-ring (bicyclic) bond motifs is 5. The Morgan fingerprint density at radius 3 is 2.14 bits per heavy atom. The number of hydrogen-bond acceptors (Lipinski definition) is 3. The maximum absolute atomic E-state index is 13.0. The fourth-order valence-electron chi connectivity index (χ4n) is 6.58. The van der Waals surface area contributed by atoms with E-state index in [1.807, 2.05) is 26.0 Å². The molecule has 0 aromatic heterocycles. The van der Waals surface area contributed by atoms with Gasteiger partial charge in [0.15, 0.2) is 0 Å². The van der Waals surface area contributed by atoms with Crippen LogP contribution in [0.2, 0.25) is 0 Å². The van der Waals surface area contributed by atoms with Crippen molar-refractivity contribution in [1.82, 2.24) is 4.90 Å². The molecule has 2 bridgehead atoms.